The van der Waals surface area contributed by atoms with Crippen LogP contribution in [-0.4, -0.2) is 67.9 Å². The Balaban J connectivity index is 1.92. The van der Waals surface area contributed by atoms with E-state index in [0.717, 1.165) is 5.56 Å². The number of nitrogens with zero attached hydrogens (tertiary/aromatic N) is 4. The Labute approximate surface area is 308 Å². The number of nitrogens with two attached hydrogens (primary N) is 1. The maximum atomic E-state index is 13.1. The first-order valence-electron chi connectivity index (χ1n) is 18.2. The van der Waals surface area contributed by atoms with E-state index in [2.05, 4.69) is 86.6 Å². The summed E-state index contributed by atoms with van der Waals surface area (Å²) in [4.78, 5) is 14.2. The molecular formula is C37H63N5O6SSi2. The van der Waals surface area contributed by atoms with E-state index in [1.807, 2.05) is 38.3 Å². The number of anilines is 1. The second-order valence-corrected chi connectivity index (χ2v) is 29.1. The van der Waals surface area contributed by atoms with Crippen molar-refractivity contribution in [2.24, 2.45) is 0 Å². The molecule has 51 heavy (non-hydrogen) atoms. The van der Waals surface area contributed by atoms with Crippen molar-refractivity contribution >= 4 is 43.9 Å². The fraction of sp³-hybridized carbons (Fsp3) is 0.703. The molecule has 0 saturated carbocycles. The third-order valence-electron chi connectivity index (χ3n) is 11.3. The van der Waals surface area contributed by atoms with Gasteiger partial charge in [-0.05, 0) is 70.7 Å². The van der Waals surface area contributed by atoms with Gasteiger partial charge < -0.3 is 19.3 Å². The molecule has 0 radical (unpaired) electrons. The fourth-order valence-electron chi connectivity index (χ4n) is 6.24. The molecule has 1 aromatic carbocycles. The zero-order valence-corrected chi connectivity index (χ0v) is 36.6. The Morgan fingerprint density at radius 1 is 0.941 bits per heavy atom. The molecule has 286 valence electrons. The van der Waals surface area contributed by atoms with Gasteiger partial charge in [0.05, 0.1) is 19.0 Å². The van der Waals surface area contributed by atoms with E-state index in [9.17, 15) is 13.0 Å². The number of fused-ring (bicyclic) bond motifs is 1. The Morgan fingerprint density at radius 2 is 1.51 bits per heavy atom. The summed E-state index contributed by atoms with van der Waals surface area (Å²) in [6, 6.07) is 1.89. The topological polar surface area (TPSA) is 152 Å². The van der Waals surface area contributed by atoms with Crippen molar-refractivity contribution < 1.29 is 26.6 Å². The lowest BCUT2D eigenvalue weighted by Crippen LogP contribution is -2.48. The standard InChI is InChI=1S/C37H63N5O6SSi2/c1-21(2)24-17-25(22(3)4)33(49(43,44)45)29(23(5)6)30(24)31-32-34(41-35(38)40-31)42(20-39-32)28-18-26(48-51(15,16)37(10,11)12)27(47-28)19-46-50(13,14)36(7,8)9/h17,20-23,26-28H,18-19H2,1-16H3,(H2,38,40,41)(H,43,44,45)/t26-,27+,28+/m0/s1. The summed E-state index contributed by atoms with van der Waals surface area (Å²) in [7, 11) is -8.87. The number of ether oxygens (including phenoxy) is 1. The fourth-order valence-corrected chi connectivity index (χ4v) is 9.82. The number of rotatable bonds is 11. The molecule has 1 saturated heterocycles. The van der Waals surface area contributed by atoms with Gasteiger partial charge in [0.1, 0.15) is 28.4 Å². The van der Waals surface area contributed by atoms with E-state index < -0.39 is 33.0 Å². The van der Waals surface area contributed by atoms with Crippen molar-refractivity contribution in [3.63, 3.8) is 0 Å². The Bertz CT molecular complexity index is 1860. The highest BCUT2D eigenvalue weighted by Gasteiger charge is 2.47. The maximum Gasteiger partial charge on any atom is 0.295 e. The van der Waals surface area contributed by atoms with Gasteiger partial charge in [-0.15, -0.1) is 0 Å². The van der Waals surface area contributed by atoms with Crippen LogP contribution in [0.25, 0.3) is 22.4 Å². The minimum Gasteiger partial charge on any atom is -0.414 e. The van der Waals surface area contributed by atoms with Crippen molar-refractivity contribution in [1.82, 2.24) is 19.5 Å². The quantitative estimate of drug-likeness (QED) is 0.143. The van der Waals surface area contributed by atoms with Crippen LogP contribution in [0.15, 0.2) is 17.3 Å². The summed E-state index contributed by atoms with van der Waals surface area (Å²) in [5.41, 5.74) is 10.4. The van der Waals surface area contributed by atoms with Crippen LogP contribution in [0.3, 0.4) is 0 Å². The molecule has 14 heteroatoms. The molecule has 0 bridgehead atoms. The average Bonchev–Trinajstić information content (AvgIpc) is 3.55. The van der Waals surface area contributed by atoms with Gasteiger partial charge in [0.2, 0.25) is 5.95 Å². The highest BCUT2D eigenvalue weighted by molar-refractivity contribution is 7.86. The summed E-state index contributed by atoms with van der Waals surface area (Å²) in [6.45, 7) is 34.6. The predicted molar refractivity (Wildman–Crippen MR) is 211 cm³/mol. The molecule has 3 heterocycles. The van der Waals surface area contributed by atoms with E-state index >= 15 is 0 Å². The van der Waals surface area contributed by atoms with Crippen LogP contribution in [0.4, 0.5) is 5.95 Å². The molecule has 4 rings (SSSR count). The smallest absolute Gasteiger partial charge is 0.295 e. The molecule has 1 fully saturated rings. The van der Waals surface area contributed by atoms with Crippen molar-refractivity contribution in [1.29, 1.82) is 0 Å². The molecule has 1 aliphatic rings. The lowest BCUT2D eigenvalue weighted by atomic mass is 9.83. The third-order valence-corrected chi connectivity index (χ3v) is 21.3. The van der Waals surface area contributed by atoms with Gasteiger partial charge in [0.15, 0.2) is 22.3 Å². The van der Waals surface area contributed by atoms with Crippen LogP contribution >= 0.6 is 0 Å². The van der Waals surface area contributed by atoms with E-state index in [0.29, 0.717) is 46.6 Å². The highest BCUT2D eigenvalue weighted by Crippen LogP contribution is 2.46. The second-order valence-electron chi connectivity index (χ2n) is 18.2. The Kier molecular flexibility index (Phi) is 11.6. The molecule has 0 amide bonds. The van der Waals surface area contributed by atoms with Crippen LogP contribution in [0.5, 0.6) is 0 Å². The van der Waals surface area contributed by atoms with Crippen molar-refractivity contribution in [2.45, 2.75) is 167 Å². The second kappa shape index (κ2) is 14.2. The van der Waals surface area contributed by atoms with Gasteiger partial charge in [-0.3, -0.25) is 9.12 Å². The average molecular weight is 762 g/mol. The summed E-state index contributed by atoms with van der Waals surface area (Å²) < 4.78 is 59.3. The Hall–Kier alpha value is -2.21. The van der Waals surface area contributed by atoms with Crippen LogP contribution in [0.2, 0.25) is 36.3 Å². The molecule has 0 spiro atoms. The molecule has 1 aliphatic heterocycles. The molecular weight excluding hydrogens is 699 g/mol. The van der Waals surface area contributed by atoms with E-state index in [4.69, 9.17) is 29.3 Å². The van der Waals surface area contributed by atoms with Crippen LogP contribution in [0.1, 0.15) is 130 Å². The predicted octanol–water partition coefficient (Wildman–Crippen LogP) is 9.39. The van der Waals surface area contributed by atoms with E-state index in [1.165, 1.54) is 0 Å². The minimum atomic E-state index is -4.60. The number of nitrogen functional groups attached to an aromatic ring is 1. The number of hydrogen-bond acceptors (Lipinski definition) is 9. The van der Waals surface area contributed by atoms with Gasteiger partial charge in [-0.1, -0.05) is 89.2 Å². The largest absolute Gasteiger partial charge is 0.414 e. The summed E-state index contributed by atoms with van der Waals surface area (Å²) in [5, 5.41) is 0.0426. The number of aromatic nitrogens is 4. The molecule has 2 aromatic heterocycles. The van der Waals surface area contributed by atoms with Crippen molar-refractivity contribution in [3.05, 3.63) is 29.1 Å². The molecule has 11 nitrogen and oxygen atoms in total. The Morgan fingerprint density at radius 3 is 2.00 bits per heavy atom. The lowest BCUT2D eigenvalue weighted by Gasteiger charge is -2.40. The zero-order valence-electron chi connectivity index (χ0n) is 33.8. The lowest BCUT2D eigenvalue weighted by molar-refractivity contribution is -0.0383. The molecule has 0 unspecified atom stereocenters. The van der Waals surface area contributed by atoms with Crippen LogP contribution in [-0.2, 0) is 23.7 Å². The molecule has 3 aromatic rings. The van der Waals surface area contributed by atoms with E-state index in [-0.39, 0.29) is 50.9 Å². The monoisotopic (exact) mass is 761 g/mol. The molecule has 3 atom stereocenters. The van der Waals surface area contributed by atoms with Crippen molar-refractivity contribution in [3.8, 4) is 11.3 Å². The molecule has 3 N–H and O–H groups in total. The van der Waals surface area contributed by atoms with Gasteiger partial charge in [-0.2, -0.15) is 13.4 Å². The molecule has 0 aliphatic carbocycles. The number of benzene rings is 1. The summed E-state index contributed by atoms with van der Waals surface area (Å²) in [6.07, 6.45) is 1.27. The van der Waals surface area contributed by atoms with Crippen molar-refractivity contribution in [2.75, 3.05) is 12.3 Å². The zero-order chi connectivity index (χ0) is 38.8. The number of imidazole rings is 1. The number of hydrogen-bond donors (Lipinski definition) is 2. The SMILES string of the molecule is CC(C)c1cc(C(C)C)c(S(=O)(=O)O)c(C(C)C)c1-c1nc(N)nc2c1ncn2[C@H]1C[C@H](O[Si](C)(C)C(C)(C)C)[C@@H](CO[Si](C)(C)C(C)(C)C)O1. The first kappa shape index (κ1) is 41.5. The van der Waals surface area contributed by atoms with Gasteiger partial charge in [-0.25, -0.2) is 9.97 Å². The maximum absolute atomic E-state index is 13.1. The normalized spacial score (nSPS) is 19.7. The van der Waals surface area contributed by atoms with E-state index in [1.54, 1.807) is 6.33 Å². The van der Waals surface area contributed by atoms with Crippen LogP contribution < -0.4 is 5.73 Å². The first-order valence-corrected chi connectivity index (χ1v) is 25.5. The van der Waals surface area contributed by atoms with Gasteiger partial charge in [0, 0.05) is 12.0 Å². The summed E-state index contributed by atoms with van der Waals surface area (Å²) >= 11 is 0. The minimum absolute atomic E-state index is 0.00245. The third kappa shape index (κ3) is 8.31. The first-order chi connectivity index (χ1) is 23.1. The highest BCUT2D eigenvalue weighted by atomic mass is 32.2. The van der Waals surface area contributed by atoms with Gasteiger partial charge in [0.25, 0.3) is 10.1 Å². The summed E-state index contributed by atoms with van der Waals surface area (Å²) in [5.74, 6) is -0.425. The van der Waals surface area contributed by atoms with Crippen LogP contribution in [0, 0.1) is 0 Å². The van der Waals surface area contributed by atoms with Gasteiger partial charge >= 0.3 is 0 Å².